The molecule has 2 aromatic carbocycles. The number of alkyl halides is 1. The van der Waals surface area contributed by atoms with E-state index in [0.29, 0.717) is 0 Å². The summed E-state index contributed by atoms with van der Waals surface area (Å²) in [5.74, 6) is -0.409. The molecular weight excluding hydrogens is 370 g/mol. The number of benzene rings is 2. The molecule has 1 aliphatic rings. The van der Waals surface area contributed by atoms with Gasteiger partial charge in [-0.3, -0.25) is 4.79 Å². The van der Waals surface area contributed by atoms with Crippen molar-refractivity contribution in [3.63, 3.8) is 0 Å². The van der Waals surface area contributed by atoms with Gasteiger partial charge < -0.3 is 4.74 Å². The van der Waals surface area contributed by atoms with Crippen molar-refractivity contribution in [1.29, 1.82) is 0 Å². The molecule has 0 aliphatic carbocycles. The third-order valence-corrected chi connectivity index (χ3v) is 4.58. The zero-order valence-corrected chi connectivity index (χ0v) is 14.8. The van der Waals surface area contributed by atoms with E-state index < -0.39 is 10.9 Å². The topological polar surface area (TPSA) is 46.6 Å². The van der Waals surface area contributed by atoms with Crippen molar-refractivity contribution in [1.82, 2.24) is 4.90 Å². The minimum atomic E-state index is -0.576. The van der Waals surface area contributed by atoms with E-state index in [0.717, 1.165) is 11.1 Å². The molecule has 1 aliphatic heterocycles. The number of hydrogen-bond donors (Lipinski definition) is 0. The average molecular weight is 388 g/mol. The highest BCUT2D eigenvalue weighted by Crippen LogP contribution is 2.34. The highest BCUT2D eigenvalue weighted by atomic mass is 79.9. The maximum Gasteiger partial charge on any atom is 0.417 e. The minimum absolute atomic E-state index is 0.131. The quantitative estimate of drug-likeness (QED) is 0.746. The lowest BCUT2D eigenvalue weighted by molar-refractivity contribution is -0.128. The molecule has 1 fully saturated rings. The highest BCUT2D eigenvalue weighted by Gasteiger charge is 2.44. The molecule has 0 unspecified atom stereocenters. The molecule has 0 N–H and O–H groups in total. The first-order chi connectivity index (χ1) is 11.6. The molecule has 2 aromatic rings. The number of carbonyl (C=O) groups excluding carboxylic acids is 2. The Labute approximate surface area is 149 Å². The van der Waals surface area contributed by atoms with E-state index in [4.69, 9.17) is 4.74 Å². The number of cyclic esters (lactones) is 1. The predicted octanol–water partition coefficient (Wildman–Crippen LogP) is 3.95. The smallest absolute Gasteiger partial charge is 0.417 e. The Morgan fingerprint density at radius 3 is 2.04 bits per heavy atom. The van der Waals surface area contributed by atoms with E-state index >= 15 is 0 Å². The molecule has 3 rings (SSSR count). The van der Waals surface area contributed by atoms with Crippen LogP contribution in [0.4, 0.5) is 4.79 Å². The Balaban J connectivity index is 2.05. The van der Waals surface area contributed by atoms with Gasteiger partial charge in [-0.25, -0.2) is 9.69 Å². The van der Waals surface area contributed by atoms with Crippen molar-refractivity contribution < 1.29 is 14.3 Å². The lowest BCUT2D eigenvalue weighted by Crippen LogP contribution is -2.45. The van der Waals surface area contributed by atoms with Gasteiger partial charge in [0.15, 0.2) is 0 Å². The maximum absolute atomic E-state index is 12.5. The van der Waals surface area contributed by atoms with Crippen LogP contribution in [0.3, 0.4) is 0 Å². The fourth-order valence-electron chi connectivity index (χ4n) is 3.08. The van der Waals surface area contributed by atoms with Crippen molar-refractivity contribution in [2.75, 3.05) is 6.61 Å². The number of ether oxygens (including phenoxy) is 1. The molecule has 0 spiro atoms. The number of hydrogen-bond acceptors (Lipinski definition) is 3. The monoisotopic (exact) mass is 387 g/mol. The van der Waals surface area contributed by atoms with Gasteiger partial charge in [0, 0.05) is 5.92 Å². The van der Waals surface area contributed by atoms with Crippen LogP contribution in [0.15, 0.2) is 60.7 Å². The van der Waals surface area contributed by atoms with Crippen molar-refractivity contribution in [2.45, 2.75) is 23.7 Å². The van der Waals surface area contributed by atoms with Gasteiger partial charge in [-0.2, -0.15) is 0 Å². The molecule has 2 amide bonds. The molecule has 2 atom stereocenters. The SMILES string of the molecule is C[C@H](Br)C(=O)N1C(=O)OC[C@H]1C(c1ccccc1)c1ccccc1. The summed E-state index contributed by atoms with van der Waals surface area (Å²) < 4.78 is 5.22. The molecule has 24 heavy (non-hydrogen) atoms. The van der Waals surface area contributed by atoms with Crippen LogP contribution < -0.4 is 0 Å². The number of rotatable bonds is 4. The van der Waals surface area contributed by atoms with Crippen molar-refractivity contribution in [2.24, 2.45) is 0 Å². The highest BCUT2D eigenvalue weighted by molar-refractivity contribution is 9.10. The van der Waals surface area contributed by atoms with E-state index in [1.54, 1.807) is 6.92 Å². The molecular formula is C19H18BrNO3. The van der Waals surface area contributed by atoms with Crippen LogP contribution in [0.2, 0.25) is 0 Å². The van der Waals surface area contributed by atoms with Crippen LogP contribution in [0.1, 0.15) is 24.0 Å². The maximum atomic E-state index is 12.5. The standard InChI is InChI=1S/C19H18BrNO3/c1-13(20)18(22)21-16(12-24-19(21)23)17(14-8-4-2-5-9-14)15-10-6-3-7-11-15/h2-11,13,16-17H,12H2,1H3/t13-,16-/m0/s1. The first-order valence-electron chi connectivity index (χ1n) is 7.83. The fourth-order valence-corrected chi connectivity index (χ4v) is 3.30. The molecule has 0 saturated carbocycles. The zero-order chi connectivity index (χ0) is 17.1. The van der Waals surface area contributed by atoms with E-state index in [1.807, 2.05) is 60.7 Å². The third kappa shape index (κ3) is 3.22. The molecule has 124 valence electrons. The van der Waals surface area contributed by atoms with Crippen LogP contribution in [-0.2, 0) is 9.53 Å². The molecule has 5 heteroatoms. The second kappa shape index (κ2) is 7.18. The first kappa shape index (κ1) is 16.7. The normalized spacial score (nSPS) is 18.5. The summed E-state index contributed by atoms with van der Waals surface area (Å²) in [7, 11) is 0. The summed E-state index contributed by atoms with van der Waals surface area (Å²) in [6, 6.07) is 19.4. The van der Waals surface area contributed by atoms with E-state index in [1.165, 1.54) is 4.90 Å². The molecule has 1 heterocycles. The van der Waals surface area contributed by atoms with Crippen LogP contribution in [-0.4, -0.2) is 34.4 Å². The Morgan fingerprint density at radius 2 is 1.58 bits per heavy atom. The molecule has 4 nitrogen and oxygen atoms in total. The Morgan fingerprint density at radius 1 is 1.08 bits per heavy atom. The number of nitrogens with zero attached hydrogens (tertiary/aromatic N) is 1. The summed E-state index contributed by atoms with van der Waals surface area (Å²) in [6.07, 6.45) is -0.576. The van der Waals surface area contributed by atoms with Gasteiger partial charge in [0.1, 0.15) is 6.61 Å². The first-order valence-corrected chi connectivity index (χ1v) is 8.75. The molecule has 0 bridgehead atoms. The Bertz CT molecular complexity index is 678. The van der Waals surface area contributed by atoms with E-state index in [9.17, 15) is 9.59 Å². The Kier molecular flexibility index (Phi) is 5.00. The van der Waals surface area contributed by atoms with Gasteiger partial charge in [0.2, 0.25) is 5.91 Å². The molecule has 0 aromatic heterocycles. The van der Waals surface area contributed by atoms with Gasteiger partial charge in [0.25, 0.3) is 0 Å². The molecule has 1 saturated heterocycles. The number of carbonyl (C=O) groups is 2. The Hall–Kier alpha value is -2.14. The second-order valence-electron chi connectivity index (χ2n) is 5.77. The van der Waals surface area contributed by atoms with E-state index in [-0.39, 0.29) is 24.5 Å². The van der Waals surface area contributed by atoms with Crippen LogP contribution in [0.5, 0.6) is 0 Å². The van der Waals surface area contributed by atoms with Crippen LogP contribution >= 0.6 is 15.9 Å². The number of halogens is 1. The van der Waals surface area contributed by atoms with Crippen LogP contribution in [0, 0.1) is 0 Å². The van der Waals surface area contributed by atoms with Gasteiger partial charge in [-0.1, -0.05) is 76.6 Å². The summed E-state index contributed by atoms with van der Waals surface area (Å²) in [5.41, 5.74) is 2.10. The summed E-state index contributed by atoms with van der Waals surface area (Å²) in [4.78, 5) is 25.5. The number of amides is 2. The lowest BCUT2D eigenvalue weighted by atomic mass is 9.85. The van der Waals surface area contributed by atoms with Crippen LogP contribution in [0.25, 0.3) is 0 Å². The van der Waals surface area contributed by atoms with Gasteiger partial charge in [-0.05, 0) is 18.1 Å². The zero-order valence-electron chi connectivity index (χ0n) is 13.3. The molecule has 0 radical (unpaired) electrons. The average Bonchev–Trinajstić information content (AvgIpc) is 2.97. The van der Waals surface area contributed by atoms with E-state index in [2.05, 4.69) is 15.9 Å². The van der Waals surface area contributed by atoms with Gasteiger partial charge in [-0.15, -0.1) is 0 Å². The third-order valence-electron chi connectivity index (χ3n) is 4.19. The predicted molar refractivity (Wildman–Crippen MR) is 95.1 cm³/mol. The van der Waals surface area contributed by atoms with Crippen molar-refractivity contribution in [3.05, 3.63) is 71.8 Å². The lowest BCUT2D eigenvalue weighted by Gasteiger charge is -2.29. The fraction of sp³-hybridized carbons (Fsp3) is 0.263. The second-order valence-corrected chi connectivity index (χ2v) is 7.14. The van der Waals surface area contributed by atoms with Gasteiger partial charge >= 0.3 is 6.09 Å². The summed E-state index contributed by atoms with van der Waals surface area (Å²) >= 11 is 3.27. The van der Waals surface area contributed by atoms with Gasteiger partial charge in [0.05, 0.1) is 10.9 Å². The summed E-state index contributed by atoms with van der Waals surface area (Å²) in [6.45, 7) is 1.91. The largest absolute Gasteiger partial charge is 0.447 e. The van der Waals surface area contributed by atoms with Crippen molar-refractivity contribution >= 4 is 27.9 Å². The van der Waals surface area contributed by atoms with Crippen molar-refractivity contribution in [3.8, 4) is 0 Å². The minimum Gasteiger partial charge on any atom is -0.447 e. The number of imide groups is 1. The summed E-state index contributed by atoms with van der Waals surface area (Å²) in [5, 5.41) is 0.